The normalized spacial score (nSPS) is 13.5. The van der Waals surface area contributed by atoms with Gasteiger partial charge in [0.15, 0.2) is 17.0 Å². The van der Waals surface area contributed by atoms with Gasteiger partial charge < -0.3 is 10.6 Å². The van der Waals surface area contributed by atoms with Gasteiger partial charge in [0.1, 0.15) is 5.69 Å². The van der Waals surface area contributed by atoms with Gasteiger partial charge in [0.25, 0.3) is 18.2 Å². The van der Waals surface area contributed by atoms with Crippen molar-refractivity contribution in [3.05, 3.63) is 71.4 Å². The Morgan fingerprint density at radius 1 is 0.970 bits per heavy atom. The Morgan fingerprint density at radius 3 is 2.15 bits per heavy atom. The summed E-state index contributed by atoms with van der Waals surface area (Å²) in [6.45, 7) is 0. The molecule has 0 atom stereocenters. The maximum absolute atomic E-state index is 13.5. The lowest BCUT2D eigenvalue weighted by atomic mass is 10.2. The Balaban J connectivity index is 1.31. The van der Waals surface area contributed by atoms with Crippen molar-refractivity contribution in [1.82, 2.24) is 24.4 Å². The van der Waals surface area contributed by atoms with E-state index in [0.29, 0.717) is 17.1 Å². The van der Waals surface area contributed by atoms with E-state index in [9.17, 15) is 18.4 Å². The summed E-state index contributed by atoms with van der Waals surface area (Å²) >= 11 is 0. The molecular formula is C22H19F2N7O2. The number of carbonyl (C=O) groups is 2. The number of halogens is 2. The number of aryl methyl sites for hydroxylation is 1. The number of nitrogens with zero attached hydrogens (tertiary/aromatic N) is 5. The van der Waals surface area contributed by atoms with Crippen LogP contribution in [0.15, 0.2) is 48.7 Å². The summed E-state index contributed by atoms with van der Waals surface area (Å²) in [5, 5.41) is 13.5. The number of aromatic nitrogens is 5. The molecule has 0 spiro atoms. The Kier molecular flexibility index (Phi) is 5.08. The number of amides is 2. The lowest BCUT2D eigenvalue weighted by Gasteiger charge is -2.07. The van der Waals surface area contributed by atoms with Crippen LogP contribution in [0, 0.1) is 0 Å². The SMILES string of the molecule is Cn1ccc(C(=O)Nc2ccc(NC(=O)c3cc4nc(C5CC5)cc(C(F)F)n4n3)cc2)n1. The number of anilines is 2. The summed E-state index contributed by atoms with van der Waals surface area (Å²) in [4.78, 5) is 29.2. The molecule has 0 saturated heterocycles. The molecule has 0 unspecified atom stereocenters. The molecule has 9 nitrogen and oxygen atoms in total. The molecule has 2 N–H and O–H groups in total. The summed E-state index contributed by atoms with van der Waals surface area (Å²) in [7, 11) is 1.72. The fourth-order valence-corrected chi connectivity index (χ4v) is 3.44. The molecule has 2 amide bonds. The van der Waals surface area contributed by atoms with E-state index in [-0.39, 0.29) is 34.6 Å². The third kappa shape index (κ3) is 4.29. The molecule has 0 bridgehead atoms. The molecule has 1 saturated carbocycles. The largest absolute Gasteiger partial charge is 0.321 e. The predicted octanol–water partition coefficient (Wildman–Crippen LogP) is 3.78. The minimum absolute atomic E-state index is 0.0233. The molecular weight excluding hydrogens is 432 g/mol. The number of hydrogen-bond donors (Lipinski definition) is 2. The summed E-state index contributed by atoms with van der Waals surface area (Å²) in [5.41, 5.74) is 1.77. The lowest BCUT2D eigenvalue weighted by Crippen LogP contribution is -2.14. The van der Waals surface area contributed by atoms with E-state index in [1.165, 1.54) is 16.8 Å². The van der Waals surface area contributed by atoms with Gasteiger partial charge >= 0.3 is 0 Å². The van der Waals surface area contributed by atoms with E-state index in [1.54, 1.807) is 43.6 Å². The van der Waals surface area contributed by atoms with Gasteiger partial charge in [-0.3, -0.25) is 14.3 Å². The number of carbonyl (C=O) groups excluding carboxylic acids is 2. The van der Waals surface area contributed by atoms with E-state index in [2.05, 4.69) is 25.8 Å². The fraction of sp³-hybridized carbons (Fsp3) is 0.227. The van der Waals surface area contributed by atoms with Gasteiger partial charge in [-0.1, -0.05) is 0 Å². The standard InChI is InChI=1S/C22H19F2N7O2/c1-30-9-8-15(28-30)21(32)25-13-4-6-14(7-5-13)26-22(33)17-11-19-27-16(12-2-3-12)10-18(20(23)24)31(19)29-17/h4-12,20H,2-3H2,1H3,(H,25,32)(H,26,33). The van der Waals surface area contributed by atoms with Gasteiger partial charge in [0.05, 0.1) is 0 Å². The van der Waals surface area contributed by atoms with Crippen LogP contribution in [0.1, 0.15) is 57.5 Å². The highest BCUT2D eigenvalue weighted by molar-refractivity contribution is 6.04. The molecule has 1 fully saturated rings. The molecule has 0 aliphatic heterocycles. The van der Waals surface area contributed by atoms with Gasteiger partial charge in [0.2, 0.25) is 0 Å². The quantitative estimate of drug-likeness (QED) is 0.464. The molecule has 5 rings (SSSR count). The summed E-state index contributed by atoms with van der Waals surface area (Å²) in [5.74, 6) is -0.722. The van der Waals surface area contributed by atoms with Crippen molar-refractivity contribution in [3.63, 3.8) is 0 Å². The third-order valence-corrected chi connectivity index (χ3v) is 5.27. The van der Waals surface area contributed by atoms with Crippen molar-refractivity contribution in [2.45, 2.75) is 25.2 Å². The Labute approximate surface area is 186 Å². The Hall–Kier alpha value is -4.15. The van der Waals surface area contributed by atoms with Crippen LogP contribution >= 0.6 is 0 Å². The monoisotopic (exact) mass is 451 g/mol. The summed E-state index contributed by atoms with van der Waals surface area (Å²) < 4.78 is 29.6. The van der Waals surface area contributed by atoms with Crippen molar-refractivity contribution in [2.24, 2.45) is 7.05 Å². The maximum atomic E-state index is 13.5. The number of alkyl halides is 2. The van der Waals surface area contributed by atoms with Crippen LogP contribution in [0.5, 0.6) is 0 Å². The van der Waals surface area contributed by atoms with E-state index in [1.807, 2.05) is 0 Å². The molecule has 11 heteroatoms. The number of rotatable bonds is 6. The highest BCUT2D eigenvalue weighted by Crippen LogP contribution is 2.40. The average Bonchev–Trinajstić information content (AvgIpc) is 3.40. The first kappa shape index (κ1) is 20.7. The second-order valence-electron chi connectivity index (χ2n) is 7.84. The van der Waals surface area contributed by atoms with Crippen molar-refractivity contribution >= 4 is 28.8 Å². The van der Waals surface area contributed by atoms with Crippen LogP contribution in [0.3, 0.4) is 0 Å². The van der Waals surface area contributed by atoms with Crippen molar-refractivity contribution in [2.75, 3.05) is 10.6 Å². The zero-order chi connectivity index (χ0) is 23.1. The van der Waals surface area contributed by atoms with Crippen LogP contribution in [-0.4, -0.2) is 36.2 Å². The van der Waals surface area contributed by atoms with E-state index in [4.69, 9.17) is 0 Å². The zero-order valence-corrected chi connectivity index (χ0v) is 17.5. The van der Waals surface area contributed by atoms with Gasteiger partial charge in [-0.05, 0) is 49.2 Å². The first-order valence-electron chi connectivity index (χ1n) is 10.3. The molecule has 4 aromatic rings. The Morgan fingerprint density at radius 2 is 1.61 bits per heavy atom. The van der Waals surface area contributed by atoms with E-state index >= 15 is 0 Å². The van der Waals surface area contributed by atoms with Gasteiger partial charge in [-0.15, -0.1) is 0 Å². The molecule has 0 radical (unpaired) electrons. The van der Waals surface area contributed by atoms with Crippen LogP contribution in [-0.2, 0) is 7.05 Å². The van der Waals surface area contributed by atoms with Crippen LogP contribution in [0.25, 0.3) is 5.65 Å². The van der Waals surface area contributed by atoms with Crippen molar-refractivity contribution in [1.29, 1.82) is 0 Å². The smallest absolute Gasteiger partial charge is 0.280 e. The minimum Gasteiger partial charge on any atom is -0.321 e. The first-order valence-corrected chi connectivity index (χ1v) is 10.3. The van der Waals surface area contributed by atoms with Crippen LogP contribution < -0.4 is 10.6 Å². The topological polar surface area (TPSA) is 106 Å². The highest BCUT2D eigenvalue weighted by atomic mass is 19.3. The van der Waals surface area contributed by atoms with E-state index < -0.39 is 12.3 Å². The zero-order valence-electron chi connectivity index (χ0n) is 17.5. The number of fused-ring (bicyclic) bond motifs is 1. The molecule has 1 aliphatic rings. The molecule has 1 aliphatic carbocycles. The van der Waals surface area contributed by atoms with E-state index in [0.717, 1.165) is 17.4 Å². The minimum atomic E-state index is -2.74. The van der Waals surface area contributed by atoms with Crippen molar-refractivity contribution < 1.29 is 18.4 Å². The molecule has 3 heterocycles. The third-order valence-electron chi connectivity index (χ3n) is 5.27. The predicted molar refractivity (Wildman–Crippen MR) is 115 cm³/mol. The first-order chi connectivity index (χ1) is 15.9. The van der Waals surface area contributed by atoms with Gasteiger partial charge in [-0.25, -0.2) is 18.3 Å². The summed E-state index contributed by atoms with van der Waals surface area (Å²) in [6, 6.07) is 10.8. The lowest BCUT2D eigenvalue weighted by molar-refractivity contribution is 0.101. The maximum Gasteiger partial charge on any atom is 0.280 e. The molecule has 3 aromatic heterocycles. The Bertz CT molecular complexity index is 1360. The molecule has 168 valence electrons. The van der Waals surface area contributed by atoms with Gasteiger partial charge in [0, 0.05) is 42.3 Å². The molecule has 1 aromatic carbocycles. The van der Waals surface area contributed by atoms with Crippen LogP contribution in [0.4, 0.5) is 20.2 Å². The average molecular weight is 451 g/mol. The summed E-state index contributed by atoms with van der Waals surface area (Å²) in [6.07, 6.45) is 0.772. The second-order valence-corrected chi connectivity index (χ2v) is 7.84. The highest BCUT2D eigenvalue weighted by Gasteiger charge is 2.28. The second kappa shape index (κ2) is 8.08. The van der Waals surface area contributed by atoms with Gasteiger partial charge in [-0.2, -0.15) is 10.2 Å². The van der Waals surface area contributed by atoms with Crippen molar-refractivity contribution in [3.8, 4) is 0 Å². The molecule has 33 heavy (non-hydrogen) atoms. The number of hydrogen-bond acceptors (Lipinski definition) is 5. The number of nitrogens with one attached hydrogen (secondary N) is 2. The fourth-order valence-electron chi connectivity index (χ4n) is 3.44. The van der Waals surface area contributed by atoms with Crippen LogP contribution in [0.2, 0.25) is 0 Å². The number of benzene rings is 1.